The van der Waals surface area contributed by atoms with Crippen molar-refractivity contribution in [3.63, 3.8) is 0 Å². The van der Waals surface area contributed by atoms with Gasteiger partial charge >= 0.3 is 0 Å². The van der Waals surface area contributed by atoms with Gasteiger partial charge in [0.1, 0.15) is 19.0 Å². The van der Waals surface area contributed by atoms with Gasteiger partial charge in [-0.1, -0.05) is 12.1 Å². The van der Waals surface area contributed by atoms with Gasteiger partial charge in [0.15, 0.2) is 11.5 Å². The number of anilines is 1. The van der Waals surface area contributed by atoms with Crippen molar-refractivity contribution in [2.45, 2.75) is 6.54 Å². The molecule has 2 aromatic carbocycles. The molecule has 0 aliphatic carbocycles. The highest BCUT2D eigenvalue weighted by molar-refractivity contribution is 9.10. The number of fused-ring (bicyclic) bond motifs is 1. The van der Waals surface area contributed by atoms with Gasteiger partial charge in [-0.05, 0) is 33.6 Å². The highest BCUT2D eigenvalue weighted by Crippen LogP contribution is 2.38. The van der Waals surface area contributed by atoms with Crippen LogP contribution in [0.3, 0.4) is 0 Å². The second kappa shape index (κ2) is 5.71. The second-order valence-corrected chi connectivity index (χ2v) is 5.31. The van der Waals surface area contributed by atoms with E-state index in [1.165, 1.54) is 12.1 Å². The molecule has 0 bridgehead atoms. The van der Waals surface area contributed by atoms with E-state index in [0.29, 0.717) is 19.8 Å². The molecular weight excluding hydrogens is 325 g/mol. The van der Waals surface area contributed by atoms with E-state index in [2.05, 4.69) is 21.2 Å². The molecule has 2 aromatic rings. The van der Waals surface area contributed by atoms with Crippen molar-refractivity contribution in [3.8, 4) is 11.5 Å². The molecule has 3 rings (SSSR count). The Kier molecular flexibility index (Phi) is 3.78. The lowest BCUT2D eigenvalue weighted by Gasteiger charge is -2.20. The number of rotatable bonds is 3. The van der Waals surface area contributed by atoms with Crippen LogP contribution in [-0.4, -0.2) is 13.2 Å². The maximum atomic E-state index is 13.1. The first-order valence-corrected chi connectivity index (χ1v) is 7.09. The summed E-state index contributed by atoms with van der Waals surface area (Å²) in [7, 11) is 0. The van der Waals surface area contributed by atoms with E-state index in [9.17, 15) is 4.39 Å². The Morgan fingerprint density at radius 3 is 2.60 bits per heavy atom. The summed E-state index contributed by atoms with van der Waals surface area (Å²) in [6.45, 7) is 1.66. The van der Waals surface area contributed by atoms with Crippen LogP contribution in [0.5, 0.6) is 11.5 Å². The smallest absolute Gasteiger partial charge is 0.163 e. The lowest BCUT2D eigenvalue weighted by atomic mass is 10.2. The van der Waals surface area contributed by atoms with E-state index >= 15 is 0 Å². The van der Waals surface area contributed by atoms with E-state index in [1.54, 1.807) is 6.07 Å². The van der Waals surface area contributed by atoms with Crippen molar-refractivity contribution in [2.75, 3.05) is 18.5 Å². The average molecular weight is 338 g/mol. The quantitative estimate of drug-likeness (QED) is 0.919. The molecule has 0 saturated carbocycles. The zero-order chi connectivity index (χ0) is 13.9. The van der Waals surface area contributed by atoms with E-state index in [0.717, 1.165) is 27.2 Å². The Hall–Kier alpha value is -1.75. The monoisotopic (exact) mass is 337 g/mol. The van der Waals surface area contributed by atoms with Crippen LogP contribution in [-0.2, 0) is 6.54 Å². The number of benzene rings is 2. The van der Waals surface area contributed by atoms with Crippen molar-refractivity contribution < 1.29 is 13.9 Å². The van der Waals surface area contributed by atoms with Gasteiger partial charge in [-0.2, -0.15) is 0 Å². The van der Waals surface area contributed by atoms with Crippen LogP contribution in [0.2, 0.25) is 0 Å². The summed E-state index contributed by atoms with van der Waals surface area (Å²) < 4.78 is 25.1. The molecule has 1 N–H and O–H groups in total. The summed E-state index contributed by atoms with van der Waals surface area (Å²) in [5, 5.41) is 3.26. The maximum Gasteiger partial charge on any atom is 0.163 e. The van der Waals surface area contributed by atoms with Crippen LogP contribution in [0, 0.1) is 5.82 Å². The van der Waals surface area contributed by atoms with Crippen LogP contribution >= 0.6 is 15.9 Å². The molecule has 0 aromatic heterocycles. The van der Waals surface area contributed by atoms with Crippen molar-refractivity contribution >= 4 is 21.6 Å². The molecule has 5 heteroatoms. The molecule has 1 aliphatic rings. The second-order valence-electron chi connectivity index (χ2n) is 4.46. The van der Waals surface area contributed by atoms with E-state index in [4.69, 9.17) is 9.47 Å². The van der Waals surface area contributed by atoms with E-state index in [1.807, 2.05) is 18.2 Å². The zero-order valence-electron chi connectivity index (χ0n) is 10.7. The minimum absolute atomic E-state index is 0.231. The fraction of sp³-hybridized carbons (Fsp3) is 0.200. The first-order chi connectivity index (χ1) is 9.72. The first kappa shape index (κ1) is 13.2. The molecule has 3 nitrogen and oxygen atoms in total. The minimum atomic E-state index is -0.231. The molecule has 1 heterocycles. The predicted molar refractivity (Wildman–Crippen MR) is 78.9 cm³/mol. The van der Waals surface area contributed by atoms with Crippen LogP contribution in [0.15, 0.2) is 40.9 Å². The molecule has 104 valence electrons. The molecule has 0 radical (unpaired) electrons. The number of nitrogens with one attached hydrogen (secondary N) is 1. The molecule has 0 unspecified atom stereocenters. The van der Waals surface area contributed by atoms with Gasteiger partial charge in [-0.25, -0.2) is 4.39 Å². The summed E-state index contributed by atoms with van der Waals surface area (Å²) in [4.78, 5) is 0. The van der Waals surface area contributed by atoms with Gasteiger partial charge in [-0.15, -0.1) is 0 Å². The average Bonchev–Trinajstić information content (AvgIpc) is 2.45. The lowest BCUT2D eigenvalue weighted by Crippen LogP contribution is -2.15. The molecular formula is C15H13BrFNO2. The van der Waals surface area contributed by atoms with Gasteiger partial charge in [0.2, 0.25) is 0 Å². The van der Waals surface area contributed by atoms with Crippen LogP contribution in [0.25, 0.3) is 0 Å². The van der Waals surface area contributed by atoms with E-state index in [-0.39, 0.29) is 5.82 Å². The standard InChI is InChI=1S/C15H13BrFNO2/c16-12-7-14-15(20-5-4-19-14)8-13(12)18-9-10-2-1-3-11(17)6-10/h1-3,6-8,18H,4-5,9H2. The van der Waals surface area contributed by atoms with Gasteiger partial charge in [0.05, 0.1) is 5.69 Å². The molecule has 0 spiro atoms. The molecule has 0 fully saturated rings. The SMILES string of the molecule is Fc1cccc(CNc2cc3c(cc2Br)OCCO3)c1. The lowest BCUT2D eigenvalue weighted by molar-refractivity contribution is 0.171. The largest absolute Gasteiger partial charge is 0.486 e. The summed E-state index contributed by atoms with van der Waals surface area (Å²) in [5.41, 5.74) is 1.77. The first-order valence-electron chi connectivity index (χ1n) is 6.30. The molecule has 0 saturated heterocycles. The van der Waals surface area contributed by atoms with Gasteiger partial charge in [0, 0.05) is 23.2 Å². The third-order valence-corrected chi connectivity index (χ3v) is 3.66. The van der Waals surface area contributed by atoms with E-state index < -0.39 is 0 Å². The number of hydrogen-bond donors (Lipinski definition) is 1. The number of ether oxygens (including phenoxy) is 2. The molecule has 0 atom stereocenters. The van der Waals surface area contributed by atoms with Crippen LogP contribution in [0.1, 0.15) is 5.56 Å². The van der Waals surface area contributed by atoms with Crippen LogP contribution in [0.4, 0.5) is 10.1 Å². The minimum Gasteiger partial charge on any atom is -0.486 e. The Morgan fingerprint density at radius 1 is 1.10 bits per heavy atom. The fourth-order valence-electron chi connectivity index (χ4n) is 2.04. The predicted octanol–water partition coefficient (Wildman–Crippen LogP) is 3.97. The van der Waals surface area contributed by atoms with Crippen molar-refractivity contribution in [1.82, 2.24) is 0 Å². The van der Waals surface area contributed by atoms with Crippen LogP contribution < -0.4 is 14.8 Å². The van der Waals surface area contributed by atoms with Crippen molar-refractivity contribution in [2.24, 2.45) is 0 Å². The molecule has 1 aliphatic heterocycles. The zero-order valence-corrected chi connectivity index (χ0v) is 12.2. The Morgan fingerprint density at radius 2 is 1.85 bits per heavy atom. The van der Waals surface area contributed by atoms with Gasteiger partial charge in [-0.3, -0.25) is 0 Å². The Balaban J connectivity index is 1.77. The highest BCUT2D eigenvalue weighted by Gasteiger charge is 2.14. The number of halogens is 2. The Bertz CT molecular complexity index is 633. The molecule has 0 amide bonds. The maximum absolute atomic E-state index is 13.1. The highest BCUT2D eigenvalue weighted by atomic mass is 79.9. The Labute approximate surface area is 124 Å². The topological polar surface area (TPSA) is 30.5 Å². The normalized spacial score (nSPS) is 13.1. The summed E-state index contributed by atoms with van der Waals surface area (Å²) in [6.07, 6.45) is 0. The summed E-state index contributed by atoms with van der Waals surface area (Å²) >= 11 is 3.49. The summed E-state index contributed by atoms with van der Waals surface area (Å²) in [5.74, 6) is 1.23. The third kappa shape index (κ3) is 2.88. The van der Waals surface area contributed by atoms with Crippen molar-refractivity contribution in [3.05, 3.63) is 52.3 Å². The molecule has 20 heavy (non-hydrogen) atoms. The fourth-order valence-corrected chi connectivity index (χ4v) is 2.51. The van der Waals surface area contributed by atoms with Crippen molar-refractivity contribution in [1.29, 1.82) is 0 Å². The third-order valence-electron chi connectivity index (χ3n) is 3.00. The summed E-state index contributed by atoms with van der Waals surface area (Å²) in [6, 6.07) is 10.3. The van der Waals surface area contributed by atoms with Gasteiger partial charge in [0.25, 0.3) is 0 Å². The number of hydrogen-bond acceptors (Lipinski definition) is 3. The van der Waals surface area contributed by atoms with Gasteiger partial charge < -0.3 is 14.8 Å².